The summed E-state index contributed by atoms with van der Waals surface area (Å²) < 4.78 is 16.1. The van der Waals surface area contributed by atoms with Crippen LogP contribution in [0.4, 0.5) is 0 Å². The second-order valence-electron chi connectivity index (χ2n) is 7.84. The molecule has 0 aromatic heterocycles. The molecule has 194 valence electrons. The quantitative estimate of drug-likeness (QED) is 0.159. The van der Waals surface area contributed by atoms with Gasteiger partial charge in [-0.3, -0.25) is 25.8 Å². The maximum atomic E-state index is 12.3. The van der Waals surface area contributed by atoms with Crippen molar-refractivity contribution in [2.45, 2.75) is 46.0 Å². The van der Waals surface area contributed by atoms with Crippen LogP contribution in [-0.2, 0) is 9.53 Å². The van der Waals surface area contributed by atoms with Gasteiger partial charge in [0.05, 0.1) is 18.8 Å². The molecule has 2 aromatic rings. The van der Waals surface area contributed by atoms with Gasteiger partial charge in [0.2, 0.25) is 0 Å². The van der Waals surface area contributed by atoms with Gasteiger partial charge >= 0.3 is 5.97 Å². The fourth-order valence-corrected chi connectivity index (χ4v) is 3.05. The molecule has 0 spiro atoms. The summed E-state index contributed by atoms with van der Waals surface area (Å²) in [5.41, 5.74) is 5.59. The van der Waals surface area contributed by atoms with E-state index in [2.05, 4.69) is 23.1 Å². The third-order valence-corrected chi connectivity index (χ3v) is 5.03. The van der Waals surface area contributed by atoms with Crippen molar-refractivity contribution >= 4 is 35.1 Å². The van der Waals surface area contributed by atoms with E-state index in [4.69, 9.17) is 26.4 Å². The van der Waals surface area contributed by atoms with Crippen molar-refractivity contribution in [2.75, 3.05) is 19.8 Å². The maximum absolute atomic E-state index is 12.3. The summed E-state index contributed by atoms with van der Waals surface area (Å²) in [5, 5.41) is 2.41. The molecule has 0 fully saturated rings. The highest BCUT2D eigenvalue weighted by atomic mass is 32.1. The van der Waals surface area contributed by atoms with E-state index in [1.807, 2.05) is 6.92 Å². The molecular formula is C26H33N3O6S. The van der Waals surface area contributed by atoms with Crippen LogP contribution in [0.15, 0.2) is 48.5 Å². The third-order valence-electron chi connectivity index (χ3n) is 4.82. The topological polar surface area (TPSA) is 115 Å². The lowest BCUT2D eigenvalue weighted by Crippen LogP contribution is -2.49. The number of carbonyl (C=O) groups excluding carboxylic acids is 3. The van der Waals surface area contributed by atoms with Gasteiger partial charge in [0.1, 0.15) is 11.5 Å². The minimum atomic E-state index is -0.515. The first-order valence-electron chi connectivity index (χ1n) is 12.0. The Morgan fingerprint density at radius 1 is 0.750 bits per heavy atom. The SMILES string of the molecule is CCCCCCOc1ccc(C(=O)NC(=S)NNC(=O)COc2ccc(C(=O)OCCC)cc2)cc1. The summed E-state index contributed by atoms with van der Waals surface area (Å²) in [7, 11) is 0. The van der Waals surface area contributed by atoms with E-state index < -0.39 is 17.8 Å². The number of unbranched alkanes of at least 4 members (excludes halogenated alkanes) is 3. The molecule has 0 saturated carbocycles. The van der Waals surface area contributed by atoms with Crippen LogP contribution in [0.25, 0.3) is 0 Å². The zero-order chi connectivity index (χ0) is 26.2. The minimum Gasteiger partial charge on any atom is -0.494 e. The molecule has 36 heavy (non-hydrogen) atoms. The number of ether oxygens (including phenoxy) is 3. The Morgan fingerprint density at radius 2 is 1.39 bits per heavy atom. The van der Waals surface area contributed by atoms with Crippen LogP contribution in [0.3, 0.4) is 0 Å². The smallest absolute Gasteiger partial charge is 0.338 e. The first kappa shape index (κ1) is 28.6. The molecule has 0 radical (unpaired) electrons. The van der Waals surface area contributed by atoms with Crippen LogP contribution >= 0.6 is 12.2 Å². The van der Waals surface area contributed by atoms with Crippen molar-refractivity contribution in [1.82, 2.24) is 16.2 Å². The van der Waals surface area contributed by atoms with Crippen molar-refractivity contribution in [2.24, 2.45) is 0 Å². The van der Waals surface area contributed by atoms with Crippen LogP contribution in [0.2, 0.25) is 0 Å². The Labute approximate surface area is 216 Å². The van der Waals surface area contributed by atoms with Gasteiger partial charge in [0, 0.05) is 5.56 Å². The van der Waals surface area contributed by atoms with Crippen molar-refractivity contribution in [3.63, 3.8) is 0 Å². The van der Waals surface area contributed by atoms with E-state index in [0.717, 1.165) is 19.3 Å². The van der Waals surface area contributed by atoms with E-state index in [0.29, 0.717) is 35.8 Å². The Kier molecular flexibility index (Phi) is 12.8. The van der Waals surface area contributed by atoms with E-state index in [1.54, 1.807) is 48.5 Å². The lowest BCUT2D eigenvalue weighted by Gasteiger charge is -2.12. The molecule has 0 saturated heterocycles. The van der Waals surface area contributed by atoms with Crippen LogP contribution < -0.4 is 25.6 Å². The number of amides is 2. The molecule has 2 aromatic carbocycles. The van der Waals surface area contributed by atoms with Gasteiger partial charge in [0.25, 0.3) is 11.8 Å². The number of benzene rings is 2. The van der Waals surface area contributed by atoms with E-state index in [1.165, 1.54) is 12.8 Å². The van der Waals surface area contributed by atoms with Crippen LogP contribution in [-0.4, -0.2) is 42.7 Å². The molecule has 0 bridgehead atoms. The zero-order valence-corrected chi connectivity index (χ0v) is 21.4. The van der Waals surface area contributed by atoms with Gasteiger partial charge < -0.3 is 14.2 Å². The summed E-state index contributed by atoms with van der Waals surface area (Å²) in [4.78, 5) is 36.1. The van der Waals surface area contributed by atoms with Gasteiger partial charge in [0.15, 0.2) is 11.7 Å². The molecule has 3 N–H and O–H groups in total. The average molecular weight is 516 g/mol. The number of nitrogens with one attached hydrogen (secondary N) is 3. The van der Waals surface area contributed by atoms with Gasteiger partial charge in [-0.25, -0.2) is 4.79 Å². The van der Waals surface area contributed by atoms with E-state index in [-0.39, 0.29) is 11.7 Å². The van der Waals surface area contributed by atoms with E-state index in [9.17, 15) is 14.4 Å². The fourth-order valence-electron chi connectivity index (χ4n) is 2.90. The third kappa shape index (κ3) is 10.7. The minimum absolute atomic E-state index is 0.0699. The molecule has 0 aliphatic heterocycles. The fraction of sp³-hybridized carbons (Fsp3) is 0.385. The van der Waals surface area contributed by atoms with Gasteiger partial charge in [-0.05, 0) is 73.6 Å². The van der Waals surface area contributed by atoms with Crippen molar-refractivity contribution in [3.8, 4) is 11.5 Å². The Morgan fingerprint density at radius 3 is 2.03 bits per heavy atom. The molecule has 9 nitrogen and oxygen atoms in total. The summed E-state index contributed by atoms with van der Waals surface area (Å²) >= 11 is 5.05. The van der Waals surface area contributed by atoms with Crippen LogP contribution in [0.1, 0.15) is 66.7 Å². The predicted molar refractivity (Wildman–Crippen MR) is 140 cm³/mol. The molecule has 0 atom stereocenters. The maximum Gasteiger partial charge on any atom is 0.338 e. The first-order valence-corrected chi connectivity index (χ1v) is 12.4. The largest absolute Gasteiger partial charge is 0.494 e. The normalized spacial score (nSPS) is 10.2. The Balaban J connectivity index is 1.67. The number of hydrogen-bond donors (Lipinski definition) is 3. The summed E-state index contributed by atoms with van der Waals surface area (Å²) in [6.07, 6.45) is 5.23. The average Bonchev–Trinajstić information content (AvgIpc) is 2.89. The molecule has 0 unspecified atom stereocenters. The molecule has 10 heteroatoms. The molecular weight excluding hydrogens is 482 g/mol. The standard InChI is InChI=1S/C26H33N3O6S/c1-3-5-6-7-17-33-21-12-8-19(9-13-21)24(31)27-26(36)29-28-23(30)18-35-22-14-10-20(11-15-22)25(32)34-16-4-2/h8-15H,3-7,16-18H2,1-2H3,(H,28,30)(H2,27,29,31,36). The predicted octanol–water partition coefficient (Wildman–Crippen LogP) is 3.93. The Bertz CT molecular complexity index is 996. The summed E-state index contributed by atoms with van der Waals surface area (Å²) in [5.74, 6) is -0.255. The summed E-state index contributed by atoms with van der Waals surface area (Å²) in [6, 6.07) is 13.0. The zero-order valence-electron chi connectivity index (χ0n) is 20.6. The second-order valence-corrected chi connectivity index (χ2v) is 8.25. The number of hydrazine groups is 1. The molecule has 2 amide bonds. The van der Waals surface area contributed by atoms with Crippen molar-refractivity contribution in [3.05, 3.63) is 59.7 Å². The Hall–Kier alpha value is -3.66. The number of rotatable bonds is 13. The monoisotopic (exact) mass is 515 g/mol. The molecule has 0 aliphatic rings. The second kappa shape index (κ2) is 16.1. The number of hydrogen-bond acceptors (Lipinski definition) is 7. The lowest BCUT2D eigenvalue weighted by atomic mass is 10.2. The molecule has 0 heterocycles. The van der Waals surface area contributed by atoms with Crippen LogP contribution in [0, 0.1) is 0 Å². The van der Waals surface area contributed by atoms with E-state index >= 15 is 0 Å². The van der Waals surface area contributed by atoms with Gasteiger partial charge in [-0.15, -0.1) is 0 Å². The van der Waals surface area contributed by atoms with Gasteiger partial charge in [-0.1, -0.05) is 33.1 Å². The highest BCUT2D eigenvalue weighted by molar-refractivity contribution is 7.80. The highest BCUT2D eigenvalue weighted by Crippen LogP contribution is 2.14. The molecule has 2 rings (SSSR count). The number of esters is 1. The van der Waals surface area contributed by atoms with Crippen LogP contribution in [0.5, 0.6) is 11.5 Å². The lowest BCUT2D eigenvalue weighted by molar-refractivity contribution is -0.123. The van der Waals surface area contributed by atoms with Gasteiger partial charge in [-0.2, -0.15) is 0 Å². The van der Waals surface area contributed by atoms with Crippen molar-refractivity contribution < 1.29 is 28.6 Å². The number of thiocarbonyl (C=S) groups is 1. The summed E-state index contributed by atoms with van der Waals surface area (Å²) in [6.45, 7) is 4.76. The number of carbonyl (C=O) groups is 3. The highest BCUT2D eigenvalue weighted by Gasteiger charge is 2.10. The first-order chi connectivity index (χ1) is 17.4. The molecule has 0 aliphatic carbocycles. The van der Waals surface area contributed by atoms with Crippen molar-refractivity contribution in [1.29, 1.82) is 0 Å².